The van der Waals surface area contributed by atoms with Crippen LogP contribution < -0.4 is 4.90 Å². The molecule has 2 aliphatic carbocycles. The largest absolute Gasteiger partial charge is 0.310 e. The van der Waals surface area contributed by atoms with Gasteiger partial charge in [-0.1, -0.05) is 164 Å². The normalized spacial score (nSPS) is 13.2. The summed E-state index contributed by atoms with van der Waals surface area (Å²) in [6.07, 6.45) is 0. The van der Waals surface area contributed by atoms with Gasteiger partial charge in [-0.15, -0.1) is 0 Å². The predicted molar refractivity (Wildman–Crippen MR) is 218 cm³/mol. The summed E-state index contributed by atoms with van der Waals surface area (Å²) in [6, 6.07) is 74.1. The van der Waals surface area contributed by atoms with Crippen LogP contribution in [0.25, 0.3) is 54.9 Å². The second kappa shape index (κ2) is 11.2. The molecule has 9 aromatic carbocycles. The molecule has 0 unspecified atom stereocenters. The molecule has 0 saturated heterocycles. The van der Waals surface area contributed by atoms with Crippen LogP contribution in [0.1, 0.15) is 22.3 Å². The molecule has 0 N–H and O–H groups in total. The third-order valence-corrected chi connectivity index (χ3v) is 11.4. The van der Waals surface area contributed by atoms with Gasteiger partial charge in [0.05, 0.1) is 11.1 Å². The van der Waals surface area contributed by atoms with E-state index in [1.54, 1.807) is 0 Å². The van der Waals surface area contributed by atoms with Crippen LogP contribution in [-0.4, -0.2) is 0 Å². The fourth-order valence-electron chi connectivity index (χ4n) is 9.32. The summed E-state index contributed by atoms with van der Waals surface area (Å²) in [5, 5.41) is 4.94. The van der Waals surface area contributed by atoms with E-state index in [0.29, 0.717) is 0 Å². The molecule has 11 rings (SSSR count). The van der Waals surface area contributed by atoms with E-state index in [1.165, 1.54) is 77.2 Å². The maximum absolute atomic E-state index is 2.49. The van der Waals surface area contributed by atoms with Gasteiger partial charge in [-0.3, -0.25) is 0 Å². The number of nitrogens with zero attached hydrogens (tertiary/aromatic N) is 1. The maximum Gasteiger partial charge on any atom is 0.0726 e. The number of fused-ring (bicyclic) bond motifs is 12. The molecule has 0 fully saturated rings. The highest BCUT2D eigenvalue weighted by Crippen LogP contribution is 2.63. The molecule has 2 aliphatic rings. The van der Waals surface area contributed by atoms with Crippen LogP contribution in [0, 0.1) is 0 Å². The Bertz CT molecular complexity index is 2800. The van der Waals surface area contributed by atoms with E-state index >= 15 is 0 Å². The third-order valence-electron chi connectivity index (χ3n) is 11.4. The molecule has 0 atom stereocenters. The lowest BCUT2D eigenvalue weighted by atomic mass is 9.70. The molecule has 0 aromatic heterocycles. The topological polar surface area (TPSA) is 3.24 Å². The molecule has 9 aromatic rings. The molecular formula is C51H33N. The number of anilines is 3. The Morgan fingerprint density at radius 2 is 0.865 bits per heavy atom. The van der Waals surface area contributed by atoms with E-state index in [-0.39, 0.29) is 0 Å². The molecule has 1 heteroatoms. The van der Waals surface area contributed by atoms with E-state index in [0.717, 1.165) is 17.1 Å². The summed E-state index contributed by atoms with van der Waals surface area (Å²) in [6.45, 7) is 0. The standard InChI is InChI=1S/C51H33N/c1-2-17-38(18-3-1)52(49-31-28-35-15-6-7-19-40(35)50(49)37-27-26-34-14-4-5-16-36(34)32-37)39-29-30-44-43-22-10-13-25-47(43)51(48(44)33-39)45-23-11-8-20-41(45)42-21-9-12-24-46(42)51/h1-33H. The van der Waals surface area contributed by atoms with Crippen LogP contribution in [0.4, 0.5) is 17.1 Å². The molecule has 0 bridgehead atoms. The van der Waals surface area contributed by atoms with Gasteiger partial charge >= 0.3 is 0 Å². The SMILES string of the molecule is c1ccc(N(c2ccc3c(c2)C2(c4ccccc4-c4ccccc42)c2ccccc2-3)c2ccc3ccccc3c2-c2ccc3ccccc3c2)cc1. The molecular weight excluding hydrogens is 627 g/mol. The van der Waals surface area contributed by atoms with E-state index in [9.17, 15) is 0 Å². The zero-order valence-electron chi connectivity index (χ0n) is 28.5. The Hall–Kier alpha value is -6.70. The number of rotatable bonds is 4. The van der Waals surface area contributed by atoms with Gasteiger partial charge in [-0.2, -0.15) is 0 Å². The number of benzene rings is 9. The summed E-state index contributed by atoms with van der Waals surface area (Å²) in [5.41, 5.74) is 16.1. The van der Waals surface area contributed by atoms with Gasteiger partial charge in [0.1, 0.15) is 0 Å². The van der Waals surface area contributed by atoms with Crippen molar-refractivity contribution < 1.29 is 0 Å². The molecule has 0 saturated carbocycles. The molecule has 0 aliphatic heterocycles. The van der Waals surface area contributed by atoms with Gasteiger partial charge in [-0.25, -0.2) is 0 Å². The van der Waals surface area contributed by atoms with E-state index in [1.807, 2.05) is 0 Å². The average molecular weight is 660 g/mol. The van der Waals surface area contributed by atoms with Crippen LogP contribution in [-0.2, 0) is 5.41 Å². The van der Waals surface area contributed by atoms with Gasteiger partial charge in [0.2, 0.25) is 0 Å². The van der Waals surface area contributed by atoms with Gasteiger partial charge in [-0.05, 0) is 108 Å². The summed E-state index contributed by atoms with van der Waals surface area (Å²) >= 11 is 0. The average Bonchev–Trinajstić information content (AvgIpc) is 3.68. The third kappa shape index (κ3) is 3.99. The maximum atomic E-state index is 2.49. The first-order chi connectivity index (χ1) is 25.8. The molecule has 0 amide bonds. The van der Waals surface area contributed by atoms with Crippen molar-refractivity contribution in [3.05, 3.63) is 222 Å². The summed E-state index contributed by atoms with van der Waals surface area (Å²) < 4.78 is 0. The first-order valence-electron chi connectivity index (χ1n) is 18.1. The summed E-state index contributed by atoms with van der Waals surface area (Å²) in [5.74, 6) is 0. The minimum Gasteiger partial charge on any atom is -0.310 e. The minimum absolute atomic E-state index is 0.415. The van der Waals surface area contributed by atoms with Crippen LogP contribution >= 0.6 is 0 Å². The van der Waals surface area contributed by atoms with Gasteiger partial charge < -0.3 is 4.90 Å². The van der Waals surface area contributed by atoms with Gasteiger partial charge in [0, 0.05) is 16.9 Å². The highest BCUT2D eigenvalue weighted by atomic mass is 15.1. The van der Waals surface area contributed by atoms with Crippen molar-refractivity contribution >= 4 is 38.6 Å². The van der Waals surface area contributed by atoms with Crippen LogP contribution in [0.3, 0.4) is 0 Å². The second-order valence-corrected chi connectivity index (χ2v) is 14.0. The second-order valence-electron chi connectivity index (χ2n) is 14.0. The van der Waals surface area contributed by atoms with Crippen molar-refractivity contribution in [2.45, 2.75) is 5.41 Å². The van der Waals surface area contributed by atoms with Crippen LogP contribution in [0.15, 0.2) is 200 Å². The molecule has 1 spiro atoms. The van der Waals surface area contributed by atoms with Crippen molar-refractivity contribution in [1.82, 2.24) is 0 Å². The Kier molecular flexibility index (Phi) is 6.23. The fourth-order valence-corrected chi connectivity index (χ4v) is 9.32. The van der Waals surface area contributed by atoms with Crippen molar-refractivity contribution in [2.75, 3.05) is 4.90 Å². The van der Waals surface area contributed by atoms with Gasteiger partial charge in [0.25, 0.3) is 0 Å². The lowest BCUT2D eigenvalue weighted by Crippen LogP contribution is -2.26. The number of hydrogen-bond donors (Lipinski definition) is 0. The van der Waals surface area contributed by atoms with Crippen molar-refractivity contribution in [3.8, 4) is 33.4 Å². The Labute approximate surface area is 303 Å². The smallest absolute Gasteiger partial charge is 0.0726 e. The quantitative estimate of drug-likeness (QED) is 0.182. The Morgan fingerprint density at radius 1 is 0.327 bits per heavy atom. The molecule has 242 valence electrons. The molecule has 52 heavy (non-hydrogen) atoms. The lowest BCUT2D eigenvalue weighted by molar-refractivity contribution is 0.793. The number of para-hydroxylation sites is 1. The van der Waals surface area contributed by atoms with Crippen molar-refractivity contribution in [2.24, 2.45) is 0 Å². The van der Waals surface area contributed by atoms with Gasteiger partial charge in [0.15, 0.2) is 0 Å². The fraction of sp³-hybridized carbons (Fsp3) is 0.0196. The van der Waals surface area contributed by atoms with E-state index in [4.69, 9.17) is 0 Å². The highest BCUT2D eigenvalue weighted by molar-refractivity contribution is 6.07. The van der Waals surface area contributed by atoms with Crippen LogP contribution in [0.5, 0.6) is 0 Å². The van der Waals surface area contributed by atoms with Crippen LogP contribution in [0.2, 0.25) is 0 Å². The monoisotopic (exact) mass is 659 g/mol. The van der Waals surface area contributed by atoms with Crippen molar-refractivity contribution in [3.63, 3.8) is 0 Å². The Balaban J connectivity index is 1.22. The highest BCUT2D eigenvalue weighted by Gasteiger charge is 2.51. The molecule has 0 heterocycles. The Morgan fingerprint density at radius 3 is 1.56 bits per heavy atom. The zero-order valence-corrected chi connectivity index (χ0v) is 28.5. The first kappa shape index (κ1) is 29.1. The van der Waals surface area contributed by atoms with E-state index in [2.05, 4.69) is 205 Å². The lowest BCUT2D eigenvalue weighted by Gasteiger charge is -2.33. The van der Waals surface area contributed by atoms with Crippen molar-refractivity contribution in [1.29, 1.82) is 0 Å². The molecule has 0 radical (unpaired) electrons. The minimum atomic E-state index is -0.415. The molecule has 1 nitrogen and oxygen atoms in total. The first-order valence-corrected chi connectivity index (χ1v) is 18.1. The zero-order chi connectivity index (χ0) is 34.2. The summed E-state index contributed by atoms with van der Waals surface area (Å²) in [7, 11) is 0. The summed E-state index contributed by atoms with van der Waals surface area (Å²) in [4.78, 5) is 2.47. The number of hydrogen-bond acceptors (Lipinski definition) is 1. The van der Waals surface area contributed by atoms with E-state index < -0.39 is 5.41 Å². The predicted octanol–water partition coefficient (Wildman–Crippen LogP) is 13.5.